The fraction of sp³-hybridized carbons (Fsp3) is 0.867. The molecule has 0 atom stereocenters. The van der Waals surface area contributed by atoms with E-state index in [1.54, 1.807) is 6.42 Å². The molecular weight excluding hydrogens is 194 g/mol. The highest BCUT2D eigenvalue weighted by molar-refractivity contribution is 5.17. The van der Waals surface area contributed by atoms with Crippen LogP contribution in [0.2, 0.25) is 0 Å². The summed E-state index contributed by atoms with van der Waals surface area (Å²) in [5.74, 6) is 5.14. The van der Waals surface area contributed by atoms with Crippen molar-refractivity contribution in [2.75, 3.05) is 0 Å². The van der Waals surface area contributed by atoms with Gasteiger partial charge in [-0.25, -0.2) is 0 Å². The molecular formula is C15H23N. The van der Waals surface area contributed by atoms with Gasteiger partial charge in [-0.2, -0.15) is 0 Å². The molecule has 5 rings (SSSR count). The Kier molecular flexibility index (Phi) is 1.90. The Morgan fingerprint density at radius 2 is 1.44 bits per heavy atom. The SMILES string of the molecule is NC1(/C=C/C2C3CC4CC(C3)CC2C4)CC1. The zero-order valence-corrected chi connectivity index (χ0v) is 10.1. The van der Waals surface area contributed by atoms with Crippen LogP contribution in [0.1, 0.15) is 44.9 Å². The summed E-state index contributed by atoms with van der Waals surface area (Å²) in [7, 11) is 0. The van der Waals surface area contributed by atoms with E-state index in [1.807, 2.05) is 0 Å². The third-order valence-electron chi connectivity index (χ3n) is 5.78. The van der Waals surface area contributed by atoms with Crippen LogP contribution >= 0.6 is 0 Å². The molecule has 0 aliphatic heterocycles. The minimum absolute atomic E-state index is 0.120. The molecule has 1 nitrogen and oxygen atoms in total. The zero-order chi connectivity index (χ0) is 10.8. The first-order valence-corrected chi connectivity index (χ1v) is 7.20. The second kappa shape index (κ2) is 3.13. The van der Waals surface area contributed by atoms with Crippen molar-refractivity contribution >= 4 is 0 Å². The first-order valence-electron chi connectivity index (χ1n) is 7.20. The molecule has 0 aromatic carbocycles. The molecule has 0 radical (unpaired) electrons. The van der Waals surface area contributed by atoms with Crippen molar-refractivity contribution in [2.45, 2.75) is 50.5 Å². The van der Waals surface area contributed by atoms with Gasteiger partial charge in [0.05, 0.1) is 0 Å². The molecule has 5 aliphatic rings. The Labute approximate surface area is 98.5 Å². The van der Waals surface area contributed by atoms with E-state index in [-0.39, 0.29) is 5.54 Å². The second-order valence-corrected chi connectivity index (χ2v) is 7.10. The fourth-order valence-corrected chi connectivity index (χ4v) is 4.90. The Bertz CT molecular complexity index is 298. The molecule has 5 saturated carbocycles. The van der Waals surface area contributed by atoms with Crippen molar-refractivity contribution in [3.63, 3.8) is 0 Å². The standard InChI is InChI=1S/C15H23N/c16-15(3-4-15)2-1-14-12-6-10-5-11(8-12)9-13(14)7-10/h1-2,10-14H,3-9,16H2/b2-1+. The van der Waals surface area contributed by atoms with Gasteiger partial charge < -0.3 is 5.73 Å². The summed E-state index contributed by atoms with van der Waals surface area (Å²) in [5.41, 5.74) is 6.28. The van der Waals surface area contributed by atoms with Gasteiger partial charge >= 0.3 is 0 Å². The lowest BCUT2D eigenvalue weighted by Gasteiger charge is -2.53. The van der Waals surface area contributed by atoms with E-state index in [9.17, 15) is 0 Å². The number of hydrogen-bond acceptors (Lipinski definition) is 1. The maximum Gasteiger partial charge on any atom is 0.0340 e. The highest BCUT2D eigenvalue weighted by atomic mass is 14.8. The third-order valence-corrected chi connectivity index (χ3v) is 5.78. The number of allylic oxidation sites excluding steroid dienone is 1. The van der Waals surface area contributed by atoms with Gasteiger partial charge in [-0.3, -0.25) is 0 Å². The van der Waals surface area contributed by atoms with E-state index < -0.39 is 0 Å². The molecule has 16 heavy (non-hydrogen) atoms. The van der Waals surface area contributed by atoms with Crippen LogP contribution < -0.4 is 5.73 Å². The highest BCUT2D eigenvalue weighted by Crippen LogP contribution is 2.57. The van der Waals surface area contributed by atoms with Crippen LogP contribution in [0.4, 0.5) is 0 Å². The van der Waals surface area contributed by atoms with Crippen LogP contribution in [-0.2, 0) is 0 Å². The Balaban J connectivity index is 1.54. The van der Waals surface area contributed by atoms with Gasteiger partial charge in [-0.15, -0.1) is 0 Å². The molecule has 5 fully saturated rings. The average Bonchev–Trinajstić information content (AvgIpc) is 2.95. The minimum atomic E-state index is 0.120. The number of rotatable bonds is 2. The Morgan fingerprint density at radius 1 is 0.875 bits per heavy atom. The number of nitrogens with two attached hydrogens (primary N) is 1. The molecule has 1 heteroatoms. The summed E-state index contributed by atoms with van der Waals surface area (Å²) >= 11 is 0. The first kappa shape index (κ1) is 9.70. The molecule has 0 unspecified atom stereocenters. The smallest absolute Gasteiger partial charge is 0.0340 e. The van der Waals surface area contributed by atoms with E-state index in [1.165, 1.54) is 38.5 Å². The molecule has 5 aliphatic carbocycles. The summed E-state index contributed by atoms with van der Waals surface area (Å²) in [5, 5.41) is 0. The Morgan fingerprint density at radius 3 is 1.94 bits per heavy atom. The lowest BCUT2D eigenvalue weighted by atomic mass is 9.52. The van der Waals surface area contributed by atoms with Crippen LogP contribution in [0.5, 0.6) is 0 Å². The van der Waals surface area contributed by atoms with Gasteiger partial charge in [0.25, 0.3) is 0 Å². The first-order chi connectivity index (χ1) is 7.72. The molecule has 0 heterocycles. The van der Waals surface area contributed by atoms with Crippen molar-refractivity contribution in [3.8, 4) is 0 Å². The second-order valence-electron chi connectivity index (χ2n) is 7.10. The average molecular weight is 217 g/mol. The van der Waals surface area contributed by atoms with E-state index in [0.717, 1.165) is 29.6 Å². The zero-order valence-electron chi connectivity index (χ0n) is 10.1. The summed E-state index contributed by atoms with van der Waals surface area (Å²) in [4.78, 5) is 0. The molecule has 0 saturated heterocycles. The molecule has 88 valence electrons. The normalized spacial score (nSPS) is 52.4. The van der Waals surface area contributed by atoms with Crippen molar-refractivity contribution in [1.82, 2.24) is 0 Å². The van der Waals surface area contributed by atoms with E-state index in [0.29, 0.717) is 0 Å². The van der Waals surface area contributed by atoms with E-state index >= 15 is 0 Å². The molecule has 0 spiro atoms. The maximum atomic E-state index is 6.16. The topological polar surface area (TPSA) is 26.0 Å². The van der Waals surface area contributed by atoms with E-state index in [4.69, 9.17) is 5.73 Å². The predicted octanol–water partition coefficient (Wildman–Crippen LogP) is 3.11. The van der Waals surface area contributed by atoms with Crippen molar-refractivity contribution < 1.29 is 0 Å². The summed E-state index contributed by atoms with van der Waals surface area (Å²) in [6, 6.07) is 0. The third kappa shape index (κ3) is 1.48. The molecule has 4 bridgehead atoms. The van der Waals surface area contributed by atoms with Gasteiger partial charge in [0, 0.05) is 5.54 Å². The van der Waals surface area contributed by atoms with Gasteiger partial charge in [0.2, 0.25) is 0 Å². The lowest BCUT2D eigenvalue weighted by Crippen LogP contribution is -2.44. The van der Waals surface area contributed by atoms with Crippen LogP contribution in [0.25, 0.3) is 0 Å². The summed E-state index contributed by atoms with van der Waals surface area (Å²) in [6.45, 7) is 0. The van der Waals surface area contributed by atoms with Crippen molar-refractivity contribution in [1.29, 1.82) is 0 Å². The molecule has 0 amide bonds. The minimum Gasteiger partial charge on any atom is -0.322 e. The van der Waals surface area contributed by atoms with Gasteiger partial charge in [-0.1, -0.05) is 12.2 Å². The summed E-state index contributed by atoms with van der Waals surface area (Å²) < 4.78 is 0. The van der Waals surface area contributed by atoms with Gasteiger partial charge in [-0.05, 0) is 74.5 Å². The highest BCUT2D eigenvalue weighted by Gasteiger charge is 2.47. The van der Waals surface area contributed by atoms with Crippen LogP contribution in [0.15, 0.2) is 12.2 Å². The van der Waals surface area contributed by atoms with Crippen LogP contribution in [0, 0.1) is 29.6 Å². The van der Waals surface area contributed by atoms with Crippen molar-refractivity contribution in [2.24, 2.45) is 35.3 Å². The van der Waals surface area contributed by atoms with E-state index in [2.05, 4.69) is 12.2 Å². The lowest BCUT2D eigenvalue weighted by molar-refractivity contribution is -0.0162. The van der Waals surface area contributed by atoms with Crippen molar-refractivity contribution in [3.05, 3.63) is 12.2 Å². The quantitative estimate of drug-likeness (QED) is 0.707. The van der Waals surface area contributed by atoms with Gasteiger partial charge in [0.15, 0.2) is 0 Å². The van der Waals surface area contributed by atoms with Crippen LogP contribution in [-0.4, -0.2) is 5.54 Å². The van der Waals surface area contributed by atoms with Gasteiger partial charge in [0.1, 0.15) is 0 Å². The molecule has 0 aromatic rings. The van der Waals surface area contributed by atoms with Crippen LogP contribution in [0.3, 0.4) is 0 Å². The molecule has 2 N–H and O–H groups in total. The predicted molar refractivity (Wildman–Crippen MR) is 65.8 cm³/mol. The number of hydrogen-bond donors (Lipinski definition) is 1. The maximum absolute atomic E-state index is 6.16. The largest absolute Gasteiger partial charge is 0.322 e. The monoisotopic (exact) mass is 217 g/mol. The fourth-order valence-electron chi connectivity index (χ4n) is 4.90. The summed E-state index contributed by atoms with van der Waals surface area (Å²) in [6.07, 6.45) is 15.0. The Hall–Kier alpha value is -0.300. The molecule has 0 aromatic heterocycles.